The number of primary amides is 1. The number of hydrogen-bond donors (Lipinski definition) is 2. The van der Waals surface area contributed by atoms with Crippen molar-refractivity contribution in [2.75, 3.05) is 19.6 Å². The third-order valence-electron chi connectivity index (χ3n) is 4.62. The molecule has 0 aromatic carbocycles. The Bertz CT molecular complexity index is 417. The summed E-state index contributed by atoms with van der Waals surface area (Å²) in [5.41, 5.74) is 4.62. The van der Waals surface area contributed by atoms with Crippen LogP contribution in [0.2, 0.25) is 0 Å². The molecule has 0 aromatic heterocycles. The van der Waals surface area contributed by atoms with Gasteiger partial charge in [-0.25, -0.2) is 4.79 Å². The lowest BCUT2D eigenvalue weighted by atomic mass is 9.81. The SMILES string of the molecule is CC(C)(C)OC(=O)N1CCC(C[C@@]2(C(N)=O)CCCN2)CC1. The predicted octanol–water partition coefficient (Wildman–Crippen LogP) is 1.63. The smallest absolute Gasteiger partial charge is 0.410 e. The van der Waals surface area contributed by atoms with Crippen molar-refractivity contribution < 1.29 is 14.3 Å². The quantitative estimate of drug-likeness (QED) is 0.829. The number of piperidine rings is 1. The molecule has 1 atom stereocenters. The first-order chi connectivity index (χ1) is 10.2. The van der Waals surface area contributed by atoms with Crippen molar-refractivity contribution in [3.63, 3.8) is 0 Å². The van der Waals surface area contributed by atoms with E-state index in [4.69, 9.17) is 10.5 Å². The van der Waals surface area contributed by atoms with Gasteiger partial charge in [-0.1, -0.05) is 0 Å². The molecule has 0 aliphatic carbocycles. The summed E-state index contributed by atoms with van der Waals surface area (Å²) in [6, 6.07) is 0. The monoisotopic (exact) mass is 311 g/mol. The van der Waals surface area contributed by atoms with Crippen LogP contribution in [0, 0.1) is 5.92 Å². The highest BCUT2D eigenvalue weighted by Gasteiger charge is 2.41. The molecule has 0 radical (unpaired) electrons. The van der Waals surface area contributed by atoms with Crippen LogP contribution in [0.4, 0.5) is 4.79 Å². The Morgan fingerprint density at radius 1 is 1.32 bits per heavy atom. The number of amides is 2. The summed E-state index contributed by atoms with van der Waals surface area (Å²) in [6.07, 6.45) is 4.17. The fourth-order valence-corrected chi connectivity index (χ4v) is 3.43. The molecule has 0 bridgehead atoms. The molecule has 22 heavy (non-hydrogen) atoms. The van der Waals surface area contributed by atoms with Crippen molar-refractivity contribution in [3.05, 3.63) is 0 Å². The van der Waals surface area contributed by atoms with E-state index in [1.165, 1.54) is 0 Å². The molecule has 2 amide bonds. The van der Waals surface area contributed by atoms with E-state index in [-0.39, 0.29) is 12.0 Å². The largest absolute Gasteiger partial charge is 0.444 e. The minimum Gasteiger partial charge on any atom is -0.444 e. The zero-order chi connectivity index (χ0) is 16.4. The van der Waals surface area contributed by atoms with Crippen molar-refractivity contribution in [2.24, 2.45) is 11.7 Å². The lowest BCUT2D eigenvalue weighted by Gasteiger charge is -2.37. The molecule has 0 saturated carbocycles. The standard InChI is InChI=1S/C16H29N3O3/c1-15(2,3)22-14(21)19-9-5-12(6-10-19)11-16(13(17)20)7-4-8-18-16/h12,18H,4-11H2,1-3H3,(H2,17,20)/t16-/m1/s1. The third-order valence-corrected chi connectivity index (χ3v) is 4.62. The van der Waals surface area contributed by atoms with Crippen molar-refractivity contribution in [3.8, 4) is 0 Å². The van der Waals surface area contributed by atoms with Gasteiger partial charge in [0.25, 0.3) is 0 Å². The Labute approximate surface area is 132 Å². The third kappa shape index (κ3) is 4.12. The molecule has 0 spiro atoms. The molecule has 2 heterocycles. The average Bonchev–Trinajstić information content (AvgIpc) is 2.87. The Morgan fingerprint density at radius 3 is 2.41 bits per heavy atom. The molecular weight excluding hydrogens is 282 g/mol. The van der Waals surface area contributed by atoms with Gasteiger partial charge in [-0.05, 0) is 65.3 Å². The Kier molecular flexibility index (Phi) is 5.00. The van der Waals surface area contributed by atoms with E-state index >= 15 is 0 Å². The molecule has 2 saturated heterocycles. The zero-order valence-electron chi connectivity index (χ0n) is 14.0. The van der Waals surface area contributed by atoms with Gasteiger partial charge in [0, 0.05) is 13.1 Å². The predicted molar refractivity (Wildman–Crippen MR) is 84.3 cm³/mol. The average molecular weight is 311 g/mol. The molecule has 2 rings (SSSR count). The number of nitrogens with one attached hydrogen (secondary N) is 1. The van der Waals surface area contributed by atoms with Crippen LogP contribution in [0.25, 0.3) is 0 Å². The molecule has 126 valence electrons. The van der Waals surface area contributed by atoms with Crippen LogP contribution in [0.1, 0.15) is 52.9 Å². The second kappa shape index (κ2) is 6.44. The highest BCUT2D eigenvalue weighted by molar-refractivity contribution is 5.85. The minimum atomic E-state index is -0.529. The van der Waals surface area contributed by atoms with Gasteiger partial charge in [-0.2, -0.15) is 0 Å². The summed E-state index contributed by atoms with van der Waals surface area (Å²) in [5.74, 6) is 0.191. The number of nitrogens with zero attached hydrogens (tertiary/aromatic N) is 1. The van der Waals surface area contributed by atoms with Gasteiger partial charge >= 0.3 is 6.09 Å². The van der Waals surface area contributed by atoms with Gasteiger partial charge in [0.1, 0.15) is 5.60 Å². The van der Waals surface area contributed by atoms with Crippen LogP contribution in [0.15, 0.2) is 0 Å². The zero-order valence-corrected chi connectivity index (χ0v) is 14.0. The van der Waals surface area contributed by atoms with Gasteiger partial charge in [0.15, 0.2) is 0 Å². The maximum absolute atomic E-state index is 12.1. The van der Waals surface area contributed by atoms with Gasteiger partial charge in [0.05, 0.1) is 5.54 Å². The summed E-state index contributed by atoms with van der Waals surface area (Å²) >= 11 is 0. The molecule has 0 unspecified atom stereocenters. The first-order valence-corrected chi connectivity index (χ1v) is 8.25. The number of ether oxygens (including phenoxy) is 1. The Hall–Kier alpha value is -1.30. The molecule has 2 aliphatic heterocycles. The summed E-state index contributed by atoms with van der Waals surface area (Å²) in [5, 5.41) is 3.30. The topological polar surface area (TPSA) is 84.7 Å². The number of carbonyl (C=O) groups is 2. The molecule has 6 nitrogen and oxygen atoms in total. The highest BCUT2D eigenvalue weighted by atomic mass is 16.6. The van der Waals surface area contributed by atoms with Gasteiger partial charge in [0.2, 0.25) is 5.91 Å². The first-order valence-electron chi connectivity index (χ1n) is 8.25. The normalized spacial score (nSPS) is 27.0. The number of rotatable bonds is 3. The summed E-state index contributed by atoms with van der Waals surface area (Å²) in [6.45, 7) is 7.86. The fourth-order valence-electron chi connectivity index (χ4n) is 3.43. The molecule has 0 aromatic rings. The van der Waals surface area contributed by atoms with Crippen molar-refractivity contribution >= 4 is 12.0 Å². The van der Waals surface area contributed by atoms with Crippen LogP contribution in [-0.4, -0.2) is 47.7 Å². The summed E-state index contributed by atoms with van der Waals surface area (Å²) < 4.78 is 5.40. The van der Waals surface area contributed by atoms with E-state index in [9.17, 15) is 9.59 Å². The van der Waals surface area contributed by atoms with Crippen molar-refractivity contribution in [1.29, 1.82) is 0 Å². The Balaban J connectivity index is 1.84. The van der Waals surface area contributed by atoms with Crippen LogP contribution >= 0.6 is 0 Å². The van der Waals surface area contributed by atoms with Crippen LogP contribution < -0.4 is 11.1 Å². The van der Waals surface area contributed by atoms with E-state index in [1.54, 1.807) is 4.90 Å². The molecular formula is C16H29N3O3. The van der Waals surface area contributed by atoms with Gasteiger partial charge in [-0.15, -0.1) is 0 Å². The molecule has 2 fully saturated rings. The second-order valence-corrected chi connectivity index (χ2v) is 7.59. The minimum absolute atomic E-state index is 0.237. The van der Waals surface area contributed by atoms with E-state index in [0.717, 1.165) is 38.6 Å². The van der Waals surface area contributed by atoms with Crippen molar-refractivity contribution in [1.82, 2.24) is 10.2 Å². The summed E-state index contributed by atoms with van der Waals surface area (Å²) in [7, 11) is 0. The summed E-state index contributed by atoms with van der Waals surface area (Å²) in [4.78, 5) is 25.6. The van der Waals surface area contributed by atoms with Crippen LogP contribution in [0.3, 0.4) is 0 Å². The van der Waals surface area contributed by atoms with E-state index < -0.39 is 11.1 Å². The van der Waals surface area contributed by atoms with Crippen molar-refractivity contribution in [2.45, 2.75) is 64.0 Å². The van der Waals surface area contributed by atoms with Crippen LogP contribution in [-0.2, 0) is 9.53 Å². The Morgan fingerprint density at radius 2 is 1.95 bits per heavy atom. The van der Waals surface area contributed by atoms with E-state index in [2.05, 4.69) is 5.32 Å². The number of hydrogen-bond acceptors (Lipinski definition) is 4. The van der Waals surface area contributed by atoms with Gasteiger partial charge in [-0.3, -0.25) is 4.79 Å². The molecule has 2 aliphatic rings. The number of likely N-dealkylation sites (tertiary alicyclic amines) is 1. The second-order valence-electron chi connectivity index (χ2n) is 7.59. The lowest BCUT2D eigenvalue weighted by molar-refractivity contribution is -0.124. The van der Waals surface area contributed by atoms with E-state index in [0.29, 0.717) is 19.0 Å². The number of nitrogens with two attached hydrogens (primary N) is 1. The molecule has 3 N–H and O–H groups in total. The number of carbonyl (C=O) groups excluding carboxylic acids is 2. The maximum atomic E-state index is 12.1. The maximum Gasteiger partial charge on any atom is 0.410 e. The fraction of sp³-hybridized carbons (Fsp3) is 0.875. The van der Waals surface area contributed by atoms with Crippen LogP contribution in [0.5, 0.6) is 0 Å². The van der Waals surface area contributed by atoms with E-state index in [1.807, 2.05) is 20.8 Å². The van der Waals surface area contributed by atoms with Gasteiger partial charge < -0.3 is 20.7 Å². The first kappa shape index (κ1) is 17.1. The lowest BCUT2D eigenvalue weighted by Crippen LogP contribution is -2.53. The molecule has 6 heteroatoms. The highest BCUT2D eigenvalue weighted by Crippen LogP contribution is 2.32.